The fourth-order valence-electron chi connectivity index (χ4n) is 3.42. The Kier molecular flexibility index (Phi) is 6.30. The van der Waals surface area contributed by atoms with E-state index in [1.165, 1.54) is 16.8 Å². The van der Waals surface area contributed by atoms with Gasteiger partial charge in [0.2, 0.25) is 5.91 Å². The number of nitrogens with one attached hydrogen (secondary N) is 1. The Hall–Kier alpha value is -1.75. The van der Waals surface area contributed by atoms with Crippen molar-refractivity contribution in [3.63, 3.8) is 0 Å². The van der Waals surface area contributed by atoms with Crippen LogP contribution in [0.15, 0.2) is 36.4 Å². The van der Waals surface area contributed by atoms with Gasteiger partial charge in [0.1, 0.15) is 0 Å². The van der Waals surface area contributed by atoms with Gasteiger partial charge in [-0.25, -0.2) is 0 Å². The molecule has 4 nitrogen and oxygen atoms in total. The van der Waals surface area contributed by atoms with Crippen LogP contribution in [0.1, 0.15) is 18.1 Å². The minimum Gasteiger partial charge on any atom is -0.369 e. The Labute approximate surface area is 171 Å². The second-order valence-electron chi connectivity index (χ2n) is 7.03. The van der Waals surface area contributed by atoms with Crippen LogP contribution in [0.2, 0.25) is 10.0 Å². The van der Waals surface area contributed by atoms with E-state index in [1.54, 1.807) is 18.2 Å². The normalized spacial score (nSPS) is 16.3. The van der Waals surface area contributed by atoms with Gasteiger partial charge in [0.15, 0.2) is 0 Å². The molecule has 1 heterocycles. The fraction of sp³-hybridized carbons (Fsp3) is 0.381. The van der Waals surface area contributed by atoms with E-state index in [2.05, 4.69) is 47.2 Å². The number of carbonyl (C=O) groups excluding carboxylic acids is 1. The number of halogens is 2. The first kappa shape index (κ1) is 20.0. The molecule has 1 aliphatic heterocycles. The van der Waals surface area contributed by atoms with Crippen molar-refractivity contribution >= 4 is 40.5 Å². The number of anilines is 2. The van der Waals surface area contributed by atoms with Crippen LogP contribution in [-0.4, -0.2) is 43.0 Å². The maximum atomic E-state index is 12.6. The van der Waals surface area contributed by atoms with E-state index in [1.807, 2.05) is 6.92 Å². The zero-order chi connectivity index (χ0) is 19.6. The van der Waals surface area contributed by atoms with Crippen LogP contribution in [0, 0.1) is 13.8 Å². The molecule has 1 unspecified atom stereocenters. The van der Waals surface area contributed by atoms with Crippen molar-refractivity contribution in [1.29, 1.82) is 0 Å². The second-order valence-corrected chi connectivity index (χ2v) is 7.88. The van der Waals surface area contributed by atoms with Gasteiger partial charge in [-0.15, -0.1) is 0 Å². The van der Waals surface area contributed by atoms with Crippen molar-refractivity contribution in [2.24, 2.45) is 0 Å². The van der Waals surface area contributed by atoms with Crippen LogP contribution in [0.3, 0.4) is 0 Å². The van der Waals surface area contributed by atoms with Gasteiger partial charge in [-0.3, -0.25) is 9.69 Å². The van der Waals surface area contributed by atoms with Gasteiger partial charge in [-0.1, -0.05) is 35.3 Å². The van der Waals surface area contributed by atoms with Crippen LogP contribution >= 0.6 is 23.2 Å². The Balaban J connectivity index is 1.60. The van der Waals surface area contributed by atoms with Crippen LogP contribution in [0.5, 0.6) is 0 Å². The first-order valence-electron chi connectivity index (χ1n) is 9.18. The molecule has 0 spiro atoms. The first-order valence-corrected chi connectivity index (χ1v) is 9.93. The first-order chi connectivity index (χ1) is 12.9. The third-order valence-electron chi connectivity index (χ3n) is 5.35. The highest BCUT2D eigenvalue weighted by Gasteiger charge is 2.26. The molecule has 0 bridgehead atoms. The van der Waals surface area contributed by atoms with Gasteiger partial charge < -0.3 is 10.2 Å². The average Bonchev–Trinajstić information content (AvgIpc) is 2.66. The van der Waals surface area contributed by atoms with Crippen LogP contribution in [0.4, 0.5) is 11.4 Å². The number of benzene rings is 2. The molecule has 1 saturated heterocycles. The summed E-state index contributed by atoms with van der Waals surface area (Å²) in [7, 11) is 0. The molecule has 2 aromatic rings. The largest absolute Gasteiger partial charge is 0.369 e. The van der Waals surface area contributed by atoms with E-state index in [4.69, 9.17) is 23.2 Å². The van der Waals surface area contributed by atoms with Crippen molar-refractivity contribution in [1.82, 2.24) is 4.90 Å². The number of nitrogens with zero attached hydrogens (tertiary/aromatic N) is 2. The lowest BCUT2D eigenvalue weighted by molar-refractivity contribution is -0.120. The molecule has 1 atom stereocenters. The highest BCUT2D eigenvalue weighted by molar-refractivity contribution is 6.36. The van der Waals surface area contributed by atoms with Crippen molar-refractivity contribution in [3.05, 3.63) is 57.6 Å². The Morgan fingerprint density at radius 3 is 2.44 bits per heavy atom. The van der Waals surface area contributed by atoms with Crippen molar-refractivity contribution in [3.8, 4) is 0 Å². The quantitative estimate of drug-likeness (QED) is 0.795. The van der Waals surface area contributed by atoms with E-state index in [0.717, 1.165) is 26.2 Å². The molecule has 0 saturated carbocycles. The van der Waals surface area contributed by atoms with E-state index in [-0.39, 0.29) is 11.9 Å². The van der Waals surface area contributed by atoms with Gasteiger partial charge in [0, 0.05) is 36.9 Å². The second kappa shape index (κ2) is 8.51. The Bertz CT molecular complexity index is 832. The molecule has 6 heteroatoms. The lowest BCUT2D eigenvalue weighted by Crippen LogP contribution is -2.53. The Morgan fingerprint density at radius 1 is 1.07 bits per heavy atom. The summed E-state index contributed by atoms with van der Waals surface area (Å²) in [6, 6.07) is 11.3. The smallest absolute Gasteiger partial charge is 0.241 e. The standard InChI is InChI=1S/C21H25Cl2N3O/c1-14-5-4-6-20(15(14)2)26-11-9-25(10-12-26)16(3)21(27)24-19-8-7-17(22)13-18(19)23/h4-8,13,16H,9-12H2,1-3H3,(H,24,27). The molecule has 1 N–H and O–H groups in total. The molecule has 1 aliphatic rings. The number of amides is 1. The van der Waals surface area contributed by atoms with Crippen LogP contribution in [-0.2, 0) is 4.79 Å². The molecular formula is C21H25Cl2N3O. The minimum absolute atomic E-state index is 0.0561. The zero-order valence-electron chi connectivity index (χ0n) is 15.9. The van der Waals surface area contributed by atoms with Crippen molar-refractivity contribution in [2.75, 3.05) is 36.4 Å². The third kappa shape index (κ3) is 4.57. The zero-order valence-corrected chi connectivity index (χ0v) is 17.4. The average molecular weight is 406 g/mol. The third-order valence-corrected chi connectivity index (χ3v) is 5.89. The van der Waals surface area contributed by atoms with Gasteiger partial charge in [-0.05, 0) is 56.2 Å². The predicted molar refractivity (Wildman–Crippen MR) is 114 cm³/mol. The molecule has 27 heavy (non-hydrogen) atoms. The van der Waals surface area contributed by atoms with Gasteiger partial charge in [0.25, 0.3) is 0 Å². The van der Waals surface area contributed by atoms with Crippen molar-refractivity contribution in [2.45, 2.75) is 26.8 Å². The molecule has 0 radical (unpaired) electrons. The lowest BCUT2D eigenvalue weighted by atomic mass is 10.1. The van der Waals surface area contributed by atoms with Gasteiger partial charge in [-0.2, -0.15) is 0 Å². The van der Waals surface area contributed by atoms with E-state index in [0.29, 0.717) is 15.7 Å². The maximum absolute atomic E-state index is 12.6. The number of piperazine rings is 1. The maximum Gasteiger partial charge on any atom is 0.241 e. The summed E-state index contributed by atoms with van der Waals surface area (Å²) >= 11 is 12.1. The van der Waals surface area contributed by atoms with E-state index < -0.39 is 0 Å². The van der Waals surface area contributed by atoms with Crippen molar-refractivity contribution < 1.29 is 4.79 Å². The highest BCUT2D eigenvalue weighted by atomic mass is 35.5. The summed E-state index contributed by atoms with van der Waals surface area (Å²) in [5.74, 6) is -0.0561. The highest BCUT2D eigenvalue weighted by Crippen LogP contribution is 2.26. The number of aryl methyl sites for hydroxylation is 1. The molecule has 1 amide bonds. The fourth-order valence-corrected chi connectivity index (χ4v) is 3.88. The summed E-state index contributed by atoms with van der Waals surface area (Å²) in [4.78, 5) is 17.3. The van der Waals surface area contributed by atoms with Crippen LogP contribution < -0.4 is 10.2 Å². The molecule has 2 aromatic carbocycles. The summed E-state index contributed by atoms with van der Waals surface area (Å²) in [5, 5.41) is 3.91. The molecule has 144 valence electrons. The van der Waals surface area contributed by atoms with Gasteiger partial charge in [0.05, 0.1) is 16.8 Å². The number of carbonyl (C=O) groups is 1. The van der Waals surface area contributed by atoms with Crippen LogP contribution in [0.25, 0.3) is 0 Å². The lowest BCUT2D eigenvalue weighted by Gasteiger charge is -2.39. The van der Waals surface area contributed by atoms with E-state index in [9.17, 15) is 4.79 Å². The molecule has 0 aliphatic carbocycles. The number of hydrogen-bond donors (Lipinski definition) is 1. The summed E-state index contributed by atoms with van der Waals surface area (Å²) in [6.07, 6.45) is 0. The summed E-state index contributed by atoms with van der Waals surface area (Å²) in [5.41, 5.74) is 4.52. The summed E-state index contributed by atoms with van der Waals surface area (Å²) in [6.45, 7) is 9.75. The Morgan fingerprint density at radius 2 is 1.78 bits per heavy atom. The molecule has 1 fully saturated rings. The predicted octanol–water partition coefficient (Wildman–Crippen LogP) is 4.76. The number of rotatable bonds is 4. The molecular weight excluding hydrogens is 381 g/mol. The monoisotopic (exact) mass is 405 g/mol. The SMILES string of the molecule is Cc1cccc(N2CCN(C(C)C(=O)Nc3ccc(Cl)cc3Cl)CC2)c1C. The van der Waals surface area contributed by atoms with E-state index >= 15 is 0 Å². The number of hydrogen-bond acceptors (Lipinski definition) is 3. The molecule has 3 rings (SSSR count). The molecule has 0 aromatic heterocycles. The van der Waals surface area contributed by atoms with Gasteiger partial charge >= 0.3 is 0 Å². The topological polar surface area (TPSA) is 35.6 Å². The minimum atomic E-state index is -0.225. The summed E-state index contributed by atoms with van der Waals surface area (Å²) < 4.78 is 0.